The van der Waals surface area contributed by atoms with Crippen molar-refractivity contribution >= 4 is 10.9 Å². The third kappa shape index (κ3) is 2.90. The number of para-hydroxylation sites is 2. The van der Waals surface area contributed by atoms with E-state index in [0.29, 0.717) is 0 Å². The largest absolute Gasteiger partial charge is 0.504 e. The van der Waals surface area contributed by atoms with Gasteiger partial charge in [-0.2, -0.15) is 0 Å². The molecule has 5 heteroatoms. The van der Waals surface area contributed by atoms with Gasteiger partial charge in [0.15, 0.2) is 23.0 Å². The first-order valence-electron chi connectivity index (χ1n) is 5.54. The molecular formula is C14H13NO4. The minimum Gasteiger partial charge on any atom is -0.504 e. The van der Waals surface area contributed by atoms with Crippen LogP contribution in [-0.2, 0) is 0 Å². The highest BCUT2D eigenvalue weighted by Crippen LogP contribution is 2.29. The third-order valence-corrected chi connectivity index (χ3v) is 2.53. The van der Waals surface area contributed by atoms with Crippen LogP contribution in [0.4, 0.5) is 0 Å². The van der Waals surface area contributed by atoms with E-state index < -0.39 is 0 Å². The molecule has 19 heavy (non-hydrogen) atoms. The number of nitrogens with one attached hydrogen (secondary N) is 1. The Morgan fingerprint density at radius 3 is 1.84 bits per heavy atom. The Bertz CT molecular complexity index is 634. The quantitative estimate of drug-likeness (QED) is 0.401. The number of phenolic OH excluding ortho intramolecular Hbond substituents is 4. The van der Waals surface area contributed by atoms with Gasteiger partial charge >= 0.3 is 0 Å². The normalized spacial score (nSPS) is 9.89. The second-order valence-electron chi connectivity index (χ2n) is 3.89. The fourth-order valence-electron chi connectivity index (χ4n) is 1.54. The Kier molecular flexibility index (Phi) is 3.47. The molecule has 98 valence electrons. The van der Waals surface area contributed by atoms with Crippen molar-refractivity contribution in [1.29, 1.82) is 0 Å². The van der Waals surface area contributed by atoms with Gasteiger partial charge in [-0.3, -0.25) is 0 Å². The van der Waals surface area contributed by atoms with Gasteiger partial charge in [-0.25, -0.2) is 0 Å². The van der Waals surface area contributed by atoms with E-state index in [1.54, 1.807) is 18.3 Å². The minimum atomic E-state index is -0.0973. The molecule has 2 aromatic carbocycles. The van der Waals surface area contributed by atoms with Crippen LogP contribution in [0.1, 0.15) is 0 Å². The predicted octanol–water partition coefficient (Wildman–Crippen LogP) is 2.68. The van der Waals surface area contributed by atoms with E-state index in [1.165, 1.54) is 24.3 Å². The zero-order valence-corrected chi connectivity index (χ0v) is 9.91. The highest BCUT2D eigenvalue weighted by Gasteiger charge is 2.01. The molecule has 0 unspecified atom stereocenters. The number of aromatic amines is 1. The van der Waals surface area contributed by atoms with Crippen LogP contribution in [0.15, 0.2) is 48.7 Å². The fourth-order valence-corrected chi connectivity index (χ4v) is 1.54. The van der Waals surface area contributed by atoms with Crippen molar-refractivity contribution in [2.45, 2.75) is 0 Å². The minimum absolute atomic E-state index is 0.0764. The second kappa shape index (κ2) is 5.22. The van der Waals surface area contributed by atoms with Crippen LogP contribution in [0.25, 0.3) is 10.9 Å². The van der Waals surface area contributed by atoms with Crippen molar-refractivity contribution in [2.75, 3.05) is 0 Å². The van der Waals surface area contributed by atoms with E-state index >= 15 is 0 Å². The number of hydrogen-bond acceptors (Lipinski definition) is 4. The van der Waals surface area contributed by atoms with Gasteiger partial charge in [0.05, 0.1) is 0 Å². The van der Waals surface area contributed by atoms with Crippen molar-refractivity contribution in [3.63, 3.8) is 0 Å². The SMILES string of the molecule is Oc1cc2cc[nH]c2cc1O.Oc1ccccc1O. The summed E-state index contributed by atoms with van der Waals surface area (Å²) in [4.78, 5) is 2.92. The van der Waals surface area contributed by atoms with Crippen LogP contribution in [0.3, 0.4) is 0 Å². The number of aromatic hydroxyl groups is 4. The van der Waals surface area contributed by atoms with E-state index in [2.05, 4.69) is 4.98 Å². The lowest BCUT2D eigenvalue weighted by molar-refractivity contribution is 0.404. The van der Waals surface area contributed by atoms with Crippen LogP contribution in [0.2, 0.25) is 0 Å². The number of H-pyrrole nitrogens is 1. The van der Waals surface area contributed by atoms with E-state index in [1.807, 2.05) is 6.07 Å². The molecule has 0 saturated heterocycles. The molecule has 0 aliphatic heterocycles. The molecule has 0 radical (unpaired) electrons. The van der Waals surface area contributed by atoms with E-state index in [-0.39, 0.29) is 23.0 Å². The molecule has 0 spiro atoms. The smallest absolute Gasteiger partial charge is 0.159 e. The molecule has 0 amide bonds. The molecule has 0 aliphatic rings. The number of fused-ring (bicyclic) bond motifs is 1. The molecule has 5 N–H and O–H groups in total. The van der Waals surface area contributed by atoms with Crippen molar-refractivity contribution < 1.29 is 20.4 Å². The molecule has 0 atom stereocenters. The fraction of sp³-hybridized carbons (Fsp3) is 0. The monoisotopic (exact) mass is 259 g/mol. The van der Waals surface area contributed by atoms with Crippen molar-refractivity contribution in [3.05, 3.63) is 48.7 Å². The topological polar surface area (TPSA) is 96.7 Å². The van der Waals surface area contributed by atoms with E-state index in [9.17, 15) is 0 Å². The van der Waals surface area contributed by atoms with Gasteiger partial charge in [0.1, 0.15) is 0 Å². The lowest BCUT2D eigenvalue weighted by Crippen LogP contribution is -1.69. The lowest BCUT2D eigenvalue weighted by atomic mass is 10.2. The van der Waals surface area contributed by atoms with Crippen LogP contribution in [0, 0.1) is 0 Å². The summed E-state index contributed by atoms with van der Waals surface area (Å²) in [5, 5.41) is 36.4. The van der Waals surface area contributed by atoms with Gasteiger partial charge in [0.2, 0.25) is 0 Å². The zero-order valence-electron chi connectivity index (χ0n) is 9.91. The Morgan fingerprint density at radius 2 is 1.26 bits per heavy atom. The molecule has 3 aromatic rings. The molecule has 1 aromatic heterocycles. The first kappa shape index (κ1) is 12.6. The zero-order chi connectivity index (χ0) is 13.8. The molecule has 0 fully saturated rings. The average Bonchev–Trinajstić information content (AvgIpc) is 2.81. The standard InChI is InChI=1S/C8H7NO2.C6H6O2/c10-7-3-5-1-2-9-6(5)4-8(7)11;7-5-3-1-2-4-6(5)8/h1-4,9-11H;1-4,7-8H. The van der Waals surface area contributed by atoms with Crippen molar-refractivity contribution in [3.8, 4) is 23.0 Å². The number of rotatable bonds is 0. The molecule has 0 aliphatic carbocycles. The summed E-state index contributed by atoms with van der Waals surface area (Å²) in [7, 11) is 0. The summed E-state index contributed by atoms with van der Waals surface area (Å²) in [6.45, 7) is 0. The maximum atomic E-state index is 9.07. The predicted molar refractivity (Wildman–Crippen MR) is 71.4 cm³/mol. The van der Waals surface area contributed by atoms with Crippen molar-refractivity contribution in [2.24, 2.45) is 0 Å². The summed E-state index contributed by atoms with van der Waals surface area (Å²) in [5.74, 6) is -0.336. The molecule has 3 rings (SSSR count). The number of aromatic nitrogens is 1. The van der Waals surface area contributed by atoms with Crippen LogP contribution in [0.5, 0.6) is 23.0 Å². The van der Waals surface area contributed by atoms with Gasteiger partial charge in [-0.15, -0.1) is 0 Å². The molecular weight excluding hydrogens is 246 g/mol. The first-order valence-corrected chi connectivity index (χ1v) is 5.54. The van der Waals surface area contributed by atoms with Crippen LogP contribution < -0.4 is 0 Å². The van der Waals surface area contributed by atoms with Crippen LogP contribution in [-0.4, -0.2) is 25.4 Å². The molecule has 0 bridgehead atoms. The Labute approximate surface area is 109 Å². The molecule has 5 nitrogen and oxygen atoms in total. The molecule has 0 saturated carbocycles. The number of hydrogen-bond donors (Lipinski definition) is 5. The van der Waals surface area contributed by atoms with Gasteiger partial charge in [-0.05, 0) is 24.3 Å². The highest BCUT2D eigenvalue weighted by atomic mass is 16.3. The maximum absolute atomic E-state index is 9.07. The number of phenols is 4. The summed E-state index contributed by atoms with van der Waals surface area (Å²) in [5.41, 5.74) is 0.820. The van der Waals surface area contributed by atoms with Crippen LogP contribution >= 0.6 is 0 Å². The number of benzene rings is 2. The lowest BCUT2D eigenvalue weighted by Gasteiger charge is -1.95. The second-order valence-corrected chi connectivity index (χ2v) is 3.89. The highest BCUT2D eigenvalue weighted by molar-refractivity contribution is 5.82. The van der Waals surface area contributed by atoms with Gasteiger partial charge in [-0.1, -0.05) is 12.1 Å². The van der Waals surface area contributed by atoms with Gasteiger partial charge in [0.25, 0.3) is 0 Å². The first-order chi connectivity index (χ1) is 9.08. The van der Waals surface area contributed by atoms with Gasteiger partial charge < -0.3 is 25.4 Å². The summed E-state index contributed by atoms with van der Waals surface area (Å²) < 4.78 is 0. The summed E-state index contributed by atoms with van der Waals surface area (Å²) >= 11 is 0. The Hall–Kier alpha value is -2.82. The Balaban J connectivity index is 0.000000148. The van der Waals surface area contributed by atoms with E-state index in [0.717, 1.165) is 10.9 Å². The van der Waals surface area contributed by atoms with Crippen molar-refractivity contribution in [1.82, 2.24) is 4.98 Å². The molecule has 1 heterocycles. The Morgan fingerprint density at radius 1 is 0.684 bits per heavy atom. The van der Waals surface area contributed by atoms with Gasteiger partial charge in [0, 0.05) is 23.2 Å². The van der Waals surface area contributed by atoms with E-state index in [4.69, 9.17) is 20.4 Å². The average molecular weight is 259 g/mol. The third-order valence-electron chi connectivity index (χ3n) is 2.53. The summed E-state index contributed by atoms with van der Waals surface area (Å²) in [6.07, 6.45) is 1.75. The maximum Gasteiger partial charge on any atom is 0.159 e. The summed E-state index contributed by atoms with van der Waals surface area (Å²) in [6, 6.07) is 11.0.